The third-order valence-corrected chi connectivity index (χ3v) is 5.08. The van der Waals surface area contributed by atoms with Crippen LogP contribution in [0.2, 0.25) is 0 Å². The van der Waals surface area contributed by atoms with E-state index in [9.17, 15) is 4.39 Å². The molecule has 1 heterocycles. The van der Waals surface area contributed by atoms with Crippen molar-refractivity contribution in [3.63, 3.8) is 0 Å². The lowest BCUT2D eigenvalue weighted by Gasteiger charge is -2.32. The van der Waals surface area contributed by atoms with Gasteiger partial charge in [0.2, 0.25) is 0 Å². The molecule has 2 fully saturated rings. The summed E-state index contributed by atoms with van der Waals surface area (Å²) < 4.78 is 31.8. The zero-order valence-electron chi connectivity index (χ0n) is 13.8. The van der Waals surface area contributed by atoms with Gasteiger partial charge >= 0.3 is 7.12 Å². The molecule has 0 aromatic heterocycles. The number of rotatable bonds is 3. The second-order valence-electron chi connectivity index (χ2n) is 7.29. The van der Waals surface area contributed by atoms with Crippen LogP contribution in [-0.2, 0) is 9.31 Å². The van der Waals surface area contributed by atoms with Crippen molar-refractivity contribution in [1.82, 2.24) is 0 Å². The van der Waals surface area contributed by atoms with Gasteiger partial charge in [-0.05, 0) is 59.4 Å². The summed E-state index contributed by atoms with van der Waals surface area (Å²) in [5.74, 6) is 0.249. The quantitative estimate of drug-likeness (QED) is 0.801. The van der Waals surface area contributed by atoms with Gasteiger partial charge in [-0.25, -0.2) is 4.39 Å². The minimum absolute atomic E-state index is 0.169. The van der Waals surface area contributed by atoms with Crippen LogP contribution < -0.4 is 10.2 Å². The van der Waals surface area contributed by atoms with Gasteiger partial charge in [0.1, 0.15) is 11.6 Å². The van der Waals surface area contributed by atoms with Gasteiger partial charge in [0.25, 0.3) is 0 Å². The summed E-state index contributed by atoms with van der Waals surface area (Å²) in [4.78, 5) is 0. The van der Waals surface area contributed by atoms with Crippen molar-refractivity contribution in [3.05, 3.63) is 24.0 Å². The Bertz CT molecular complexity index is 537. The highest BCUT2D eigenvalue weighted by atomic mass is 19.1. The first kappa shape index (κ1) is 15.8. The largest absolute Gasteiger partial charge is 0.498 e. The molecule has 1 aromatic carbocycles. The van der Waals surface area contributed by atoms with Crippen molar-refractivity contribution in [3.8, 4) is 5.75 Å². The van der Waals surface area contributed by atoms with Crippen LogP contribution in [0.3, 0.4) is 0 Å². The molecule has 3 nitrogen and oxygen atoms in total. The summed E-state index contributed by atoms with van der Waals surface area (Å²) in [5, 5.41) is 0. The van der Waals surface area contributed by atoms with E-state index in [1.165, 1.54) is 25.0 Å². The molecule has 1 saturated carbocycles. The number of ether oxygens (including phenoxy) is 1. The average molecular weight is 306 g/mol. The van der Waals surface area contributed by atoms with Crippen LogP contribution in [0, 0.1) is 5.82 Å². The fraction of sp³-hybridized carbons (Fsp3) is 0.647. The summed E-state index contributed by atoms with van der Waals surface area (Å²) in [6.07, 6.45) is 4.57. The first-order chi connectivity index (χ1) is 10.3. The van der Waals surface area contributed by atoms with Crippen molar-refractivity contribution < 1.29 is 18.4 Å². The van der Waals surface area contributed by atoms with Crippen LogP contribution in [0.5, 0.6) is 5.75 Å². The highest BCUT2D eigenvalue weighted by Gasteiger charge is 2.52. The van der Waals surface area contributed by atoms with Crippen molar-refractivity contribution in [2.75, 3.05) is 0 Å². The van der Waals surface area contributed by atoms with Crippen LogP contribution >= 0.6 is 0 Å². The fourth-order valence-corrected chi connectivity index (χ4v) is 2.96. The minimum atomic E-state index is -0.526. The van der Waals surface area contributed by atoms with E-state index >= 15 is 0 Å². The smallest absolute Gasteiger partial charge is 0.491 e. The lowest BCUT2D eigenvalue weighted by atomic mass is 9.78. The molecule has 1 aliphatic carbocycles. The maximum Gasteiger partial charge on any atom is 0.498 e. The predicted octanol–water partition coefficient (Wildman–Crippen LogP) is 3.45. The lowest BCUT2D eigenvalue weighted by molar-refractivity contribution is 0.00578. The lowest BCUT2D eigenvalue weighted by Crippen LogP contribution is -2.41. The van der Waals surface area contributed by atoms with Gasteiger partial charge in [-0.1, -0.05) is 6.07 Å². The third kappa shape index (κ3) is 2.89. The Morgan fingerprint density at radius 2 is 1.68 bits per heavy atom. The molecule has 0 spiro atoms. The molecule has 1 aliphatic heterocycles. The van der Waals surface area contributed by atoms with Crippen molar-refractivity contribution >= 4 is 12.6 Å². The molecule has 0 amide bonds. The highest BCUT2D eigenvalue weighted by molar-refractivity contribution is 6.63. The maximum absolute atomic E-state index is 13.7. The summed E-state index contributed by atoms with van der Waals surface area (Å²) in [6, 6.07) is 4.59. The van der Waals surface area contributed by atoms with E-state index in [4.69, 9.17) is 14.0 Å². The Labute approximate surface area is 132 Å². The summed E-state index contributed by atoms with van der Waals surface area (Å²) >= 11 is 0. The van der Waals surface area contributed by atoms with E-state index in [0.717, 1.165) is 18.3 Å². The molecule has 2 aliphatic rings. The minimum Gasteiger partial charge on any atom is -0.491 e. The second-order valence-corrected chi connectivity index (χ2v) is 7.29. The van der Waals surface area contributed by atoms with Crippen molar-refractivity contribution in [2.45, 2.75) is 70.7 Å². The molecule has 0 N–H and O–H groups in total. The van der Waals surface area contributed by atoms with Crippen LogP contribution in [0.15, 0.2) is 18.2 Å². The van der Waals surface area contributed by atoms with E-state index in [-0.39, 0.29) is 11.9 Å². The Balaban J connectivity index is 1.87. The summed E-state index contributed by atoms with van der Waals surface area (Å²) in [6.45, 7) is 8.03. The summed E-state index contributed by atoms with van der Waals surface area (Å²) in [7, 11) is -0.526. The maximum atomic E-state index is 13.7. The second kappa shape index (κ2) is 5.53. The standard InChI is InChI=1S/C17H24BFO3/c1-16(2)17(3,4)22-18(21-16)14-10-9-12(19)11-15(14)20-13-7-5-6-8-13/h9-11,13H,5-8H2,1-4H3. The molecule has 0 atom stereocenters. The van der Waals surface area contributed by atoms with Crippen molar-refractivity contribution in [1.29, 1.82) is 0 Å². The summed E-state index contributed by atoms with van der Waals surface area (Å²) in [5.41, 5.74) is -0.0696. The van der Waals surface area contributed by atoms with E-state index in [1.807, 2.05) is 27.7 Å². The number of benzene rings is 1. The fourth-order valence-electron chi connectivity index (χ4n) is 2.96. The van der Waals surface area contributed by atoms with Crippen molar-refractivity contribution in [2.24, 2.45) is 0 Å². The van der Waals surface area contributed by atoms with Gasteiger partial charge in [0.05, 0.1) is 17.3 Å². The van der Waals surface area contributed by atoms with E-state index in [0.29, 0.717) is 5.75 Å². The van der Waals surface area contributed by atoms with Gasteiger partial charge in [0.15, 0.2) is 0 Å². The first-order valence-electron chi connectivity index (χ1n) is 8.10. The molecule has 3 rings (SSSR count). The SMILES string of the molecule is CC1(C)OB(c2ccc(F)cc2OC2CCCC2)OC1(C)C. The molecule has 0 bridgehead atoms. The predicted molar refractivity (Wildman–Crippen MR) is 85.0 cm³/mol. The van der Waals surface area contributed by atoms with Gasteiger partial charge in [-0.3, -0.25) is 0 Å². The average Bonchev–Trinajstić information content (AvgIpc) is 2.96. The molecular formula is C17H24BFO3. The molecular weight excluding hydrogens is 282 g/mol. The molecule has 0 unspecified atom stereocenters. The van der Waals surface area contributed by atoms with Gasteiger partial charge in [0, 0.05) is 11.5 Å². The van der Waals surface area contributed by atoms with Crippen LogP contribution in [0.1, 0.15) is 53.4 Å². The van der Waals surface area contributed by atoms with Crippen LogP contribution in [-0.4, -0.2) is 24.4 Å². The van der Waals surface area contributed by atoms with Gasteiger partial charge in [-0.15, -0.1) is 0 Å². The van der Waals surface area contributed by atoms with Gasteiger partial charge in [-0.2, -0.15) is 0 Å². The Morgan fingerprint density at radius 3 is 2.27 bits per heavy atom. The van der Waals surface area contributed by atoms with Crippen LogP contribution in [0.25, 0.3) is 0 Å². The Kier molecular flexibility index (Phi) is 3.98. The Hall–Kier alpha value is -1.07. The third-order valence-electron chi connectivity index (χ3n) is 5.08. The zero-order chi connectivity index (χ0) is 16.0. The molecule has 1 aromatic rings. The molecule has 22 heavy (non-hydrogen) atoms. The molecule has 5 heteroatoms. The molecule has 120 valence electrons. The number of hydrogen-bond donors (Lipinski definition) is 0. The van der Waals surface area contributed by atoms with E-state index in [2.05, 4.69) is 0 Å². The number of hydrogen-bond acceptors (Lipinski definition) is 3. The first-order valence-corrected chi connectivity index (χ1v) is 8.10. The highest BCUT2D eigenvalue weighted by Crippen LogP contribution is 2.37. The van der Waals surface area contributed by atoms with E-state index in [1.54, 1.807) is 6.07 Å². The van der Waals surface area contributed by atoms with Gasteiger partial charge < -0.3 is 14.0 Å². The van der Waals surface area contributed by atoms with Crippen LogP contribution in [0.4, 0.5) is 4.39 Å². The molecule has 1 saturated heterocycles. The van der Waals surface area contributed by atoms with E-state index < -0.39 is 18.3 Å². The normalized spacial score (nSPS) is 24.0. The molecule has 0 radical (unpaired) electrons. The monoisotopic (exact) mass is 306 g/mol. The topological polar surface area (TPSA) is 27.7 Å². The number of halogens is 1. The Morgan fingerprint density at radius 1 is 1.09 bits per heavy atom. The zero-order valence-corrected chi connectivity index (χ0v) is 13.8.